The molecule has 3 N–H and O–H groups in total. The van der Waals surface area contributed by atoms with Gasteiger partial charge in [0.1, 0.15) is 11.3 Å². The lowest BCUT2D eigenvalue weighted by atomic mass is 9.86. The number of nitrogens with one attached hydrogen (secondary N) is 1. The fraction of sp³-hybridized carbons (Fsp3) is 0.235. The van der Waals surface area contributed by atoms with Gasteiger partial charge in [-0.15, -0.1) is 0 Å². The first-order valence-corrected chi connectivity index (χ1v) is 7.70. The van der Waals surface area contributed by atoms with Crippen molar-refractivity contribution in [2.24, 2.45) is 0 Å². The molecule has 0 atom stereocenters. The number of benzene rings is 2. The third-order valence-electron chi connectivity index (χ3n) is 3.62. The van der Waals surface area contributed by atoms with E-state index >= 15 is 0 Å². The number of H-pyrrole nitrogens is 1. The second-order valence-electron chi connectivity index (χ2n) is 6.28. The van der Waals surface area contributed by atoms with Crippen molar-refractivity contribution in [3.63, 3.8) is 0 Å². The number of nitrogen functional groups attached to an aromatic ring is 1. The molecule has 3 aromatic rings. The maximum Gasteiger partial charge on any atom is 0.138 e. The SMILES string of the molecule is CC(C)(C)c1cccc(-c2nc3c(Br)c(N)ccc3[nH]2)c1. The van der Waals surface area contributed by atoms with Crippen LogP contribution in [0.15, 0.2) is 40.9 Å². The number of nitrogens with zero attached hydrogens (tertiary/aromatic N) is 1. The van der Waals surface area contributed by atoms with Gasteiger partial charge in [-0.2, -0.15) is 0 Å². The first kappa shape index (κ1) is 14.1. The minimum absolute atomic E-state index is 0.118. The number of aromatic nitrogens is 2. The molecule has 4 heteroatoms. The zero-order valence-electron chi connectivity index (χ0n) is 12.4. The molecule has 3 rings (SSSR count). The Balaban J connectivity index is 2.15. The van der Waals surface area contributed by atoms with Gasteiger partial charge in [-0.25, -0.2) is 4.98 Å². The molecule has 0 saturated carbocycles. The molecule has 3 nitrogen and oxygen atoms in total. The number of halogens is 1. The standard InChI is InChI=1S/C17H18BrN3/c1-17(2,3)11-6-4-5-10(9-11)16-20-13-8-7-12(19)14(18)15(13)21-16/h4-9H,19H2,1-3H3,(H,20,21). The Hall–Kier alpha value is -1.81. The summed E-state index contributed by atoms with van der Waals surface area (Å²) in [4.78, 5) is 8.05. The highest BCUT2D eigenvalue weighted by Gasteiger charge is 2.15. The average Bonchev–Trinajstić information content (AvgIpc) is 2.87. The van der Waals surface area contributed by atoms with E-state index < -0.39 is 0 Å². The van der Waals surface area contributed by atoms with Crippen molar-refractivity contribution < 1.29 is 0 Å². The van der Waals surface area contributed by atoms with E-state index in [-0.39, 0.29) is 5.41 Å². The molecule has 0 radical (unpaired) electrons. The summed E-state index contributed by atoms with van der Waals surface area (Å²) in [5.74, 6) is 0.863. The molecule has 0 aliphatic heterocycles. The zero-order valence-corrected chi connectivity index (χ0v) is 14.0. The van der Waals surface area contributed by atoms with E-state index in [2.05, 4.69) is 70.9 Å². The highest BCUT2D eigenvalue weighted by atomic mass is 79.9. The van der Waals surface area contributed by atoms with E-state index in [4.69, 9.17) is 5.73 Å². The van der Waals surface area contributed by atoms with Crippen LogP contribution in [-0.2, 0) is 5.41 Å². The molecule has 2 aromatic carbocycles. The van der Waals surface area contributed by atoms with Crippen LogP contribution < -0.4 is 5.73 Å². The van der Waals surface area contributed by atoms with Crippen molar-refractivity contribution in [1.29, 1.82) is 0 Å². The summed E-state index contributed by atoms with van der Waals surface area (Å²) in [6.07, 6.45) is 0. The van der Waals surface area contributed by atoms with Crippen molar-refractivity contribution in [2.75, 3.05) is 5.73 Å². The first-order valence-electron chi connectivity index (χ1n) is 6.91. The second-order valence-corrected chi connectivity index (χ2v) is 7.07. The molecular formula is C17H18BrN3. The van der Waals surface area contributed by atoms with Gasteiger partial charge in [-0.05, 0) is 45.1 Å². The molecule has 0 fully saturated rings. The van der Waals surface area contributed by atoms with Gasteiger partial charge in [0.25, 0.3) is 0 Å². The van der Waals surface area contributed by atoms with Gasteiger partial charge in [0.2, 0.25) is 0 Å². The van der Waals surface area contributed by atoms with Crippen molar-refractivity contribution in [3.05, 3.63) is 46.4 Å². The average molecular weight is 344 g/mol. The van der Waals surface area contributed by atoms with E-state index in [0.717, 1.165) is 26.9 Å². The molecule has 0 saturated heterocycles. The number of anilines is 1. The number of fused-ring (bicyclic) bond motifs is 1. The van der Waals surface area contributed by atoms with Crippen molar-refractivity contribution >= 4 is 32.7 Å². The summed E-state index contributed by atoms with van der Waals surface area (Å²) in [5.41, 5.74) is 11.0. The van der Waals surface area contributed by atoms with Gasteiger partial charge in [-0.1, -0.05) is 39.0 Å². The largest absolute Gasteiger partial charge is 0.398 e. The van der Waals surface area contributed by atoms with Gasteiger partial charge < -0.3 is 10.7 Å². The molecule has 1 heterocycles. The smallest absolute Gasteiger partial charge is 0.138 e. The van der Waals surface area contributed by atoms with Gasteiger partial charge in [0.15, 0.2) is 0 Å². The Labute approximate surface area is 132 Å². The molecule has 0 unspecified atom stereocenters. The predicted molar refractivity (Wildman–Crippen MR) is 92.3 cm³/mol. The molecule has 0 aliphatic rings. The lowest BCUT2D eigenvalue weighted by Crippen LogP contribution is -2.10. The third-order valence-corrected chi connectivity index (χ3v) is 4.46. The van der Waals surface area contributed by atoms with E-state index in [1.54, 1.807) is 0 Å². The lowest BCUT2D eigenvalue weighted by Gasteiger charge is -2.19. The summed E-state index contributed by atoms with van der Waals surface area (Å²) in [5, 5.41) is 0. The molecular weight excluding hydrogens is 326 g/mol. The minimum Gasteiger partial charge on any atom is -0.398 e. The molecule has 0 spiro atoms. The third kappa shape index (κ3) is 2.56. The van der Waals surface area contributed by atoms with Crippen LogP contribution in [0.25, 0.3) is 22.4 Å². The fourth-order valence-electron chi connectivity index (χ4n) is 2.33. The maximum atomic E-state index is 5.91. The Bertz CT molecular complexity index is 813. The van der Waals surface area contributed by atoms with Crippen molar-refractivity contribution in [3.8, 4) is 11.4 Å². The fourth-order valence-corrected chi connectivity index (χ4v) is 2.76. The topological polar surface area (TPSA) is 54.7 Å². The zero-order chi connectivity index (χ0) is 15.2. The second kappa shape index (κ2) is 4.88. The highest BCUT2D eigenvalue weighted by Crippen LogP contribution is 2.31. The van der Waals surface area contributed by atoms with Crippen LogP contribution >= 0.6 is 15.9 Å². The van der Waals surface area contributed by atoms with Crippen LogP contribution in [-0.4, -0.2) is 9.97 Å². The van der Waals surface area contributed by atoms with E-state index in [9.17, 15) is 0 Å². The molecule has 21 heavy (non-hydrogen) atoms. The molecule has 0 aliphatic carbocycles. The number of hydrogen-bond acceptors (Lipinski definition) is 2. The molecule has 0 amide bonds. The molecule has 108 valence electrons. The number of aromatic amines is 1. The van der Waals surface area contributed by atoms with Crippen LogP contribution in [0.2, 0.25) is 0 Å². The van der Waals surface area contributed by atoms with Gasteiger partial charge in [0, 0.05) is 11.3 Å². The summed E-state index contributed by atoms with van der Waals surface area (Å²) >= 11 is 3.51. The summed E-state index contributed by atoms with van der Waals surface area (Å²) < 4.78 is 0.842. The van der Waals surface area contributed by atoms with E-state index in [0.29, 0.717) is 5.69 Å². The molecule has 1 aromatic heterocycles. The van der Waals surface area contributed by atoms with Gasteiger partial charge in [0.05, 0.1) is 9.99 Å². The van der Waals surface area contributed by atoms with Gasteiger partial charge in [-0.3, -0.25) is 0 Å². The Morgan fingerprint density at radius 2 is 1.90 bits per heavy atom. The van der Waals surface area contributed by atoms with Crippen LogP contribution in [0.3, 0.4) is 0 Å². The number of hydrogen-bond donors (Lipinski definition) is 2. The number of rotatable bonds is 1. The number of imidazole rings is 1. The van der Waals surface area contributed by atoms with Gasteiger partial charge >= 0.3 is 0 Å². The summed E-state index contributed by atoms with van der Waals surface area (Å²) in [7, 11) is 0. The Morgan fingerprint density at radius 1 is 1.14 bits per heavy atom. The predicted octanol–water partition coefficient (Wildman–Crippen LogP) is 4.87. The number of nitrogens with two attached hydrogens (primary N) is 1. The monoisotopic (exact) mass is 343 g/mol. The normalized spacial score (nSPS) is 12.0. The van der Waals surface area contributed by atoms with Crippen LogP contribution in [0.4, 0.5) is 5.69 Å². The highest BCUT2D eigenvalue weighted by molar-refractivity contribution is 9.10. The Kier molecular flexibility index (Phi) is 3.29. The lowest BCUT2D eigenvalue weighted by molar-refractivity contribution is 0.590. The molecule has 0 bridgehead atoms. The summed E-state index contributed by atoms with van der Waals surface area (Å²) in [6, 6.07) is 12.3. The van der Waals surface area contributed by atoms with Crippen molar-refractivity contribution in [1.82, 2.24) is 9.97 Å². The van der Waals surface area contributed by atoms with Crippen molar-refractivity contribution in [2.45, 2.75) is 26.2 Å². The van der Waals surface area contributed by atoms with E-state index in [1.165, 1.54) is 5.56 Å². The van der Waals surface area contributed by atoms with Crippen LogP contribution in [0, 0.1) is 0 Å². The summed E-state index contributed by atoms with van der Waals surface area (Å²) in [6.45, 7) is 6.63. The van der Waals surface area contributed by atoms with E-state index in [1.807, 2.05) is 12.1 Å². The first-order chi connectivity index (χ1) is 9.86. The quantitative estimate of drug-likeness (QED) is 0.619. The van der Waals surface area contributed by atoms with Crippen LogP contribution in [0.1, 0.15) is 26.3 Å². The minimum atomic E-state index is 0.118. The maximum absolute atomic E-state index is 5.91. The Morgan fingerprint density at radius 3 is 2.62 bits per heavy atom. The van der Waals surface area contributed by atoms with Crippen LogP contribution in [0.5, 0.6) is 0 Å².